The molecular weight excluding hydrogens is 352 g/mol. The van der Waals surface area contributed by atoms with Crippen molar-refractivity contribution in [1.29, 1.82) is 0 Å². The van der Waals surface area contributed by atoms with Crippen LogP contribution in [0.15, 0.2) is 29.6 Å². The molecule has 1 aromatic heterocycles. The van der Waals surface area contributed by atoms with E-state index in [2.05, 4.69) is 48.8 Å². The number of amides is 1. The van der Waals surface area contributed by atoms with Gasteiger partial charge in [0.15, 0.2) is 0 Å². The van der Waals surface area contributed by atoms with E-state index >= 15 is 0 Å². The molecule has 27 heavy (non-hydrogen) atoms. The number of thiazole rings is 1. The standard InChI is InChI=1S/C23H32N2OS/c1-3-4-5-18-8-12-19(13-9-18)22(26)24-15-14-21-16-27-23(25-21)20-10-6-17(2)7-11-20/h6-7,10-11,16,18-19H,3-5,8-9,12-15H2,1-2H3,(H,24,26). The maximum atomic E-state index is 12.4. The zero-order chi connectivity index (χ0) is 19.1. The average Bonchev–Trinajstić information content (AvgIpc) is 3.16. The molecule has 1 aliphatic rings. The molecule has 146 valence electrons. The van der Waals surface area contributed by atoms with Crippen molar-refractivity contribution in [3.63, 3.8) is 0 Å². The molecule has 0 radical (unpaired) electrons. The molecular formula is C23H32N2OS. The number of carbonyl (C=O) groups is 1. The minimum Gasteiger partial charge on any atom is -0.355 e. The molecule has 1 saturated carbocycles. The van der Waals surface area contributed by atoms with Crippen LogP contribution in [0.1, 0.15) is 63.1 Å². The van der Waals surface area contributed by atoms with E-state index in [1.54, 1.807) is 11.3 Å². The van der Waals surface area contributed by atoms with Crippen LogP contribution in [-0.2, 0) is 11.2 Å². The topological polar surface area (TPSA) is 42.0 Å². The van der Waals surface area contributed by atoms with E-state index in [1.807, 2.05) is 0 Å². The highest BCUT2D eigenvalue weighted by Gasteiger charge is 2.25. The molecule has 0 aliphatic heterocycles. The summed E-state index contributed by atoms with van der Waals surface area (Å²) in [6.45, 7) is 5.04. The number of rotatable bonds is 8. The van der Waals surface area contributed by atoms with Crippen LogP contribution in [0.2, 0.25) is 0 Å². The summed E-state index contributed by atoms with van der Waals surface area (Å²) in [6.07, 6.45) is 9.34. The number of aryl methyl sites for hydroxylation is 1. The van der Waals surface area contributed by atoms with Crippen molar-refractivity contribution in [1.82, 2.24) is 10.3 Å². The number of hydrogen-bond donors (Lipinski definition) is 1. The van der Waals surface area contributed by atoms with Gasteiger partial charge in [0.25, 0.3) is 0 Å². The monoisotopic (exact) mass is 384 g/mol. The molecule has 0 atom stereocenters. The lowest BCUT2D eigenvalue weighted by Crippen LogP contribution is -2.34. The Bertz CT molecular complexity index is 714. The summed E-state index contributed by atoms with van der Waals surface area (Å²) in [5, 5.41) is 6.31. The Morgan fingerprint density at radius 3 is 2.63 bits per heavy atom. The first-order valence-electron chi connectivity index (χ1n) is 10.4. The molecule has 1 aromatic carbocycles. The van der Waals surface area contributed by atoms with Gasteiger partial charge in [-0.2, -0.15) is 0 Å². The predicted molar refractivity (Wildman–Crippen MR) is 114 cm³/mol. The Hall–Kier alpha value is -1.68. The summed E-state index contributed by atoms with van der Waals surface area (Å²) in [4.78, 5) is 17.2. The second-order valence-electron chi connectivity index (χ2n) is 7.91. The highest BCUT2D eigenvalue weighted by atomic mass is 32.1. The second-order valence-corrected chi connectivity index (χ2v) is 8.77. The number of benzene rings is 1. The fraction of sp³-hybridized carbons (Fsp3) is 0.565. The lowest BCUT2D eigenvalue weighted by molar-refractivity contribution is -0.126. The Balaban J connectivity index is 1.40. The molecule has 0 saturated heterocycles. The number of nitrogens with zero attached hydrogens (tertiary/aromatic N) is 1. The largest absolute Gasteiger partial charge is 0.355 e. The summed E-state index contributed by atoms with van der Waals surface area (Å²) in [5.41, 5.74) is 3.50. The molecule has 1 amide bonds. The van der Waals surface area contributed by atoms with Crippen molar-refractivity contribution in [3.05, 3.63) is 40.9 Å². The molecule has 3 rings (SSSR count). The first kappa shape index (κ1) is 20.1. The third kappa shape index (κ3) is 5.90. The van der Waals surface area contributed by atoms with Gasteiger partial charge in [-0.25, -0.2) is 4.98 Å². The smallest absolute Gasteiger partial charge is 0.223 e. The lowest BCUT2D eigenvalue weighted by atomic mass is 9.79. The first-order valence-corrected chi connectivity index (χ1v) is 11.3. The van der Waals surface area contributed by atoms with Crippen LogP contribution < -0.4 is 5.32 Å². The summed E-state index contributed by atoms with van der Waals surface area (Å²) in [6, 6.07) is 8.48. The number of carbonyl (C=O) groups excluding carboxylic acids is 1. The van der Waals surface area contributed by atoms with Crippen molar-refractivity contribution >= 4 is 17.2 Å². The highest BCUT2D eigenvalue weighted by molar-refractivity contribution is 7.13. The van der Waals surface area contributed by atoms with Crippen LogP contribution in [0.5, 0.6) is 0 Å². The molecule has 1 aliphatic carbocycles. The van der Waals surface area contributed by atoms with E-state index in [1.165, 1.54) is 43.2 Å². The number of unbranched alkanes of at least 4 members (excludes halogenated alkanes) is 1. The highest BCUT2D eigenvalue weighted by Crippen LogP contribution is 2.32. The van der Waals surface area contributed by atoms with E-state index < -0.39 is 0 Å². The van der Waals surface area contributed by atoms with E-state index in [-0.39, 0.29) is 11.8 Å². The minimum absolute atomic E-state index is 0.224. The van der Waals surface area contributed by atoms with Crippen LogP contribution in [0.4, 0.5) is 0 Å². The van der Waals surface area contributed by atoms with Gasteiger partial charge < -0.3 is 5.32 Å². The second kappa shape index (κ2) is 10.0. The lowest BCUT2D eigenvalue weighted by Gasteiger charge is -2.27. The van der Waals surface area contributed by atoms with Crippen molar-refractivity contribution in [2.75, 3.05) is 6.54 Å². The molecule has 4 heteroatoms. The van der Waals surface area contributed by atoms with E-state index in [0.717, 1.165) is 35.9 Å². The van der Waals surface area contributed by atoms with Gasteiger partial charge in [0, 0.05) is 29.8 Å². The van der Waals surface area contributed by atoms with Crippen LogP contribution in [0, 0.1) is 18.8 Å². The quantitative estimate of drug-likeness (QED) is 0.627. The minimum atomic E-state index is 0.224. The van der Waals surface area contributed by atoms with Crippen LogP contribution in [0.25, 0.3) is 10.6 Å². The molecule has 1 heterocycles. The van der Waals surface area contributed by atoms with E-state index in [9.17, 15) is 4.79 Å². The van der Waals surface area contributed by atoms with Gasteiger partial charge in [-0.15, -0.1) is 11.3 Å². The van der Waals surface area contributed by atoms with Gasteiger partial charge >= 0.3 is 0 Å². The van der Waals surface area contributed by atoms with Crippen molar-refractivity contribution in [2.45, 2.75) is 65.2 Å². The SMILES string of the molecule is CCCCC1CCC(C(=O)NCCc2csc(-c3ccc(C)cc3)n2)CC1. The number of nitrogens with one attached hydrogen (secondary N) is 1. The van der Waals surface area contributed by atoms with Crippen molar-refractivity contribution in [3.8, 4) is 10.6 Å². The molecule has 0 spiro atoms. The van der Waals surface area contributed by atoms with Gasteiger partial charge in [-0.1, -0.05) is 56.0 Å². The maximum absolute atomic E-state index is 12.4. The van der Waals surface area contributed by atoms with Crippen molar-refractivity contribution < 1.29 is 4.79 Å². The third-order valence-corrected chi connectivity index (χ3v) is 6.65. The molecule has 0 unspecified atom stereocenters. The molecule has 2 aromatic rings. The fourth-order valence-electron chi connectivity index (χ4n) is 3.91. The molecule has 1 fully saturated rings. The maximum Gasteiger partial charge on any atom is 0.223 e. The molecule has 0 bridgehead atoms. The summed E-state index contributed by atoms with van der Waals surface area (Å²) >= 11 is 1.68. The van der Waals surface area contributed by atoms with Gasteiger partial charge in [-0.3, -0.25) is 4.79 Å². The van der Waals surface area contributed by atoms with Gasteiger partial charge in [-0.05, 0) is 38.5 Å². The number of hydrogen-bond acceptors (Lipinski definition) is 3. The summed E-state index contributed by atoms with van der Waals surface area (Å²) < 4.78 is 0. The normalized spacial score (nSPS) is 19.8. The fourth-order valence-corrected chi connectivity index (χ4v) is 4.78. The Morgan fingerprint density at radius 2 is 1.93 bits per heavy atom. The Labute approximate surface area is 167 Å². The van der Waals surface area contributed by atoms with Crippen LogP contribution >= 0.6 is 11.3 Å². The summed E-state index contributed by atoms with van der Waals surface area (Å²) in [7, 11) is 0. The van der Waals surface area contributed by atoms with Gasteiger partial charge in [0.05, 0.1) is 5.69 Å². The zero-order valence-electron chi connectivity index (χ0n) is 16.7. The predicted octanol–water partition coefficient (Wildman–Crippen LogP) is 5.77. The zero-order valence-corrected chi connectivity index (χ0v) is 17.5. The van der Waals surface area contributed by atoms with Gasteiger partial charge in [0.2, 0.25) is 5.91 Å². The Morgan fingerprint density at radius 1 is 1.19 bits per heavy atom. The van der Waals surface area contributed by atoms with E-state index in [4.69, 9.17) is 4.98 Å². The summed E-state index contributed by atoms with van der Waals surface area (Å²) in [5.74, 6) is 1.32. The first-order chi connectivity index (χ1) is 13.2. The third-order valence-electron chi connectivity index (χ3n) is 5.71. The van der Waals surface area contributed by atoms with E-state index in [0.29, 0.717) is 6.54 Å². The molecule has 1 N–H and O–H groups in total. The average molecular weight is 385 g/mol. The Kier molecular flexibility index (Phi) is 7.45. The number of aromatic nitrogens is 1. The van der Waals surface area contributed by atoms with Crippen LogP contribution in [0.3, 0.4) is 0 Å². The van der Waals surface area contributed by atoms with Gasteiger partial charge in [0.1, 0.15) is 5.01 Å². The van der Waals surface area contributed by atoms with Crippen LogP contribution in [-0.4, -0.2) is 17.4 Å². The molecule has 3 nitrogen and oxygen atoms in total. The van der Waals surface area contributed by atoms with Crippen molar-refractivity contribution in [2.24, 2.45) is 11.8 Å².